The molecule has 0 radical (unpaired) electrons. The summed E-state index contributed by atoms with van der Waals surface area (Å²) < 4.78 is 0. The van der Waals surface area contributed by atoms with Crippen molar-refractivity contribution < 1.29 is 4.79 Å². The summed E-state index contributed by atoms with van der Waals surface area (Å²) in [5.41, 5.74) is 9.01. The Morgan fingerprint density at radius 3 is 2.29 bits per heavy atom. The summed E-state index contributed by atoms with van der Waals surface area (Å²) in [5.74, 6) is 1.37. The molecule has 4 atom stereocenters. The third-order valence-electron chi connectivity index (χ3n) is 5.04. The summed E-state index contributed by atoms with van der Waals surface area (Å²) in [5, 5.41) is 0. The minimum Gasteiger partial charge on any atom is -0.324 e. The maximum Gasteiger partial charge on any atom is 0.132 e. The molecule has 2 N–H and O–H groups in total. The SMILES string of the molecule is CCC(CC(CC)C(C)C(N)c1ccccc1C)C(C)=O. The first-order chi connectivity index (χ1) is 9.92. The molecular formula is C19H31NO. The lowest BCUT2D eigenvalue weighted by molar-refractivity contribution is -0.121. The van der Waals surface area contributed by atoms with E-state index in [4.69, 9.17) is 5.73 Å². The molecule has 0 aliphatic rings. The van der Waals surface area contributed by atoms with E-state index < -0.39 is 0 Å². The molecule has 0 saturated carbocycles. The average Bonchev–Trinajstić information content (AvgIpc) is 2.47. The van der Waals surface area contributed by atoms with E-state index in [1.807, 2.05) is 0 Å². The van der Waals surface area contributed by atoms with Crippen molar-refractivity contribution in [3.05, 3.63) is 35.4 Å². The van der Waals surface area contributed by atoms with Crippen LogP contribution in [-0.4, -0.2) is 5.78 Å². The van der Waals surface area contributed by atoms with Gasteiger partial charge in [-0.2, -0.15) is 0 Å². The summed E-state index contributed by atoms with van der Waals surface area (Å²) in [6.07, 6.45) is 2.96. The minimum absolute atomic E-state index is 0.0422. The van der Waals surface area contributed by atoms with Crippen LogP contribution in [0.5, 0.6) is 0 Å². The van der Waals surface area contributed by atoms with E-state index >= 15 is 0 Å². The van der Waals surface area contributed by atoms with Crippen molar-refractivity contribution in [3.8, 4) is 0 Å². The van der Waals surface area contributed by atoms with Crippen molar-refractivity contribution >= 4 is 5.78 Å². The molecule has 4 unspecified atom stereocenters. The van der Waals surface area contributed by atoms with E-state index in [9.17, 15) is 4.79 Å². The highest BCUT2D eigenvalue weighted by atomic mass is 16.1. The molecule has 0 heterocycles. The molecule has 0 aliphatic carbocycles. The highest BCUT2D eigenvalue weighted by Gasteiger charge is 2.27. The van der Waals surface area contributed by atoms with Gasteiger partial charge >= 0.3 is 0 Å². The molecule has 0 fully saturated rings. The van der Waals surface area contributed by atoms with Crippen molar-refractivity contribution in [2.24, 2.45) is 23.5 Å². The lowest BCUT2D eigenvalue weighted by atomic mass is 9.76. The first-order valence-electron chi connectivity index (χ1n) is 8.23. The zero-order valence-corrected chi connectivity index (χ0v) is 14.2. The normalized spacial score (nSPS) is 17.0. The molecule has 0 aliphatic heterocycles. The van der Waals surface area contributed by atoms with E-state index in [0.717, 1.165) is 19.3 Å². The molecule has 0 amide bonds. The predicted molar refractivity (Wildman–Crippen MR) is 90.1 cm³/mol. The van der Waals surface area contributed by atoms with Gasteiger partial charge in [0.15, 0.2) is 0 Å². The van der Waals surface area contributed by atoms with Gasteiger partial charge in [0.1, 0.15) is 5.78 Å². The van der Waals surface area contributed by atoms with Gasteiger partial charge < -0.3 is 5.73 Å². The third kappa shape index (κ3) is 4.67. The summed E-state index contributed by atoms with van der Waals surface area (Å²) in [6.45, 7) is 10.4. The topological polar surface area (TPSA) is 43.1 Å². The molecule has 0 aromatic heterocycles. The van der Waals surface area contributed by atoms with Gasteiger partial charge in [-0.3, -0.25) is 4.79 Å². The van der Waals surface area contributed by atoms with Crippen molar-refractivity contribution in [3.63, 3.8) is 0 Å². The van der Waals surface area contributed by atoms with E-state index in [1.54, 1.807) is 6.92 Å². The quantitative estimate of drug-likeness (QED) is 0.756. The summed E-state index contributed by atoms with van der Waals surface area (Å²) >= 11 is 0. The first kappa shape index (κ1) is 17.9. The third-order valence-corrected chi connectivity index (χ3v) is 5.04. The highest BCUT2D eigenvalue weighted by Crippen LogP contribution is 2.34. The highest BCUT2D eigenvalue weighted by molar-refractivity contribution is 5.78. The average molecular weight is 289 g/mol. The number of rotatable bonds is 8. The van der Waals surface area contributed by atoms with Crippen molar-refractivity contribution in [1.29, 1.82) is 0 Å². The second-order valence-corrected chi connectivity index (χ2v) is 6.36. The zero-order chi connectivity index (χ0) is 16.0. The van der Waals surface area contributed by atoms with Crippen LogP contribution in [0.4, 0.5) is 0 Å². The largest absolute Gasteiger partial charge is 0.324 e. The zero-order valence-electron chi connectivity index (χ0n) is 14.2. The van der Waals surface area contributed by atoms with Crippen LogP contribution in [0.3, 0.4) is 0 Å². The number of aryl methyl sites for hydroxylation is 1. The molecule has 1 aromatic rings. The van der Waals surface area contributed by atoms with Crippen LogP contribution in [0.15, 0.2) is 24.3 Å². The molecule has 1 rings (SSSR count). The van der Waals surface area contributed by atoms with Crippen LogP contribution in [0, 0.1) is 24.7 Å². The summed E-state index contributed by atoms with van der Waals surface area (Å²) in [7, 11) is 0. The fourth-order valence-corrected chi connectivity index (χ4v) is 3.28. The second kappa shape index (κ2) is 8.33. The molecule has 0 bridgehead atoms. The second-order valence-electron chi connectivity index (χ2n) is 6.36. The molecule has 0 spiro atoms. The van der Waals surface area contributed by atoms with Crippen LogP contribution in [0.25, 0.3) is 0 Å². The van der Waals surface area contributed by atoms with Gasteiger partial charge in [0.25, 0.3) is 0 Å². The fraction of sp³-hybridized carbons (Fsp3) is 0.632. The Kier molecular flexibility index (Phi) is 7.10. The first-order valence-corrected chi connectivity index (χ1v) is 8.23. The Balaban J connectivity index is 2.85. The van der Waals surface area contributed by atoms with Gasteiger partial charge in [-0.15, -0.1) is 0 Å². The van der Waals surface area contributed by atoms with Gasteiger partial charge in [-0.05, 0) is 49.7 Å². The number of hydrogen-bond acceptors (Lipinski definition) is 2. The number of ketones is 1. The number of hydrogen-bond donors (Lipinski definition) is 1. The predicted octanol–water partition coefficient (Wildman–Crippen LogP) is 4.66. The molecule has 118 valence electrons. The van der Waals surface area contributed by atoms with Gasteiger partial charge in [0, 0.05) is 12.0 Å². The van der Waals surface area contributed by atoms with Crippen molar-refractivity contribution in [1.82, 2.24) is 0 Å². The lowest BCUT2D eigenvalue weighted by Crippen LogP contribution is -2.28. The Morgan fingerprint density at radius 2 is 1.81 bits per heavy atom. The van der Waals surface area contributed by atoms with Gasteiger partial charge in [0.2, 0.25) is 0 Å². The molecule has 2 heteroatoms. The lowest BCUT2D eigenvalue weighted by Gasteiger charge is -2.31. The van der Waals surface area contributed by atoms with Crippen LogP contribution >= 0.6 is 0 Å². The smallest absolute Gasteiger partial charge is 0.132 e. The number of benzene rings is 1. The number of Topliss-reactive ketones (excluding diaryl/α,β-unsaturated/α-hetero) is 1. The molecule has 2 nitrogen and oxygen atoms in total. The van der Waals surface area contributed by atoms with Crippen molar-refractivity contribution in [2.75, 3.05) is 0 Å². The van der Waals surface area contributed by atoms with E-state index in [1.165, 1.54) is 11.1 Å². The Hall–Kier alpha value is -1.15. The van der Waals surface area contributed by atoms with E-state index in [0.29, 0.717) is 17.6 Å². The number of nitrogens with two attached hydrogens (primary N) is 1. The Morgan fingerprint density at radius 1 is 1.19 bits per heavy atom. The van der Waals surface area contributed by atoms with E-state index in [2.05, 4.69) is 52.0 Å². The standard InChI is InChI=1S/C19H31NO/c1-6-16(12-17(7-2)15(5)21)14(4)19(20)18-11-9-8-10-13(18)3/h8-11,14,16-17,19H,6-7,12,20H2,1-5H3. The number of carbonyl (C=O) groups is 1. The maximum atomic E-state index is 11.7. The molecule has 1 aromatic carbocycles. The molecule has 21 heavy (non-hydrogen) atoms. The van der Waals surface area contributed by atoms with Crippen molar-refractivity contribution in [2.45, 2.75) is 59.9 Å². The summed E-state index contributed by atoms with van der Waals surface area (Å²) in [4.78, 5) is 11.7. The molecule has 0 saturated heterocycles. The fourth-order valence-electron chi connectivity index (χ4n) is 3.28. The van der Waals surface area contributed by atoms with Crippen LogP contribution < -0.4 is 5.73 Å². The van der Waals surface area contributed by atoms with Crippen LogP contribution in [0.1, 0.15) is 64.1 Å². The van der Waals surface area contributed by atoms with Crippen LogP contribution in [0.2, 0.25) is 0 Å². The van der Waals surface area contributed by atoms with Gasteiger partial charge in [0.05, 0.1) is 0 Å². The van der Waals surface area contributed by atoms with Crippen LogP contribution in [-0.2, 0) is 4.79 Å². The number of carbonyl (C=O) groups excluding carboxylic acids is 1. The van der Waals surface area contributed by atoms with Gasteiger partial charge in [-0.1, -0.05) is 51.5 Å². The summed E-state index contributed by atoms with van der Waals surface area (Å²) in [6, 6.07) is 8.40. The monoisotopic (exact) mass is 289 g/mol. The Bertz CT molecular complexity index is 455. The minimum atomic E-state index is 0.0422. The Labute approximate surface area is 130 Å². The maximum absolute atomic E-state index is 11.7. The molecular weight excluding hydrogens is 258 g/mol. The van der Waals surface area contributed by atoms with E-state index in [-0.39, 0.29) is 12.0 Å². The van der Waals surface area contributed by atoms with Gasteiger partial charge in [-0.25, -0.2) is 0 Å².